The van der Waals surface area contributed by atoms with E-state index in [4.69, 9.17) is 21.4 Å². The summed E-state index contributed by atoms with van der Waals surface area (Å²) in [6.45, 7) is 0.143. The Balaban J connectivity index is 1.96. The summed E-state index contributed by atoms with van der Waals surface area (Å²) >= 11 is 6.14. The van der Waals surface area contributed by atoms with Gasteiger partial charge in [0.2, 0.25) is 0 Å². The summed E-state index contributed by atoms with van der Waals surface area (Å²) in [7, 11) is 0. The molecular formula is C17H15ClO2. The zero-order valence-corrected chi connectivity index (χ0v) is 11.7. The Kier molecular flexibility index (Phi) is 5.49. The van der Waals surface area contributed by atoms with E-state index < -0.39 is 0 Å². The number of ether oxygens (including phenoxy) is 1. The highest BCUT2D eigenvalue weighted by Crippen LogP contribution is 2.20. The van der Waals surface area contributed by atoms with E-state index in [0.717, 1.165) is 22.8 Å². The predicted octanol–water partition coefficient (Wildman–Crippen LogP) is 3.31. The number of hydrogen-bond donors (Lipinski definition) is 1. The molecule has 0 aliphatic carbocycles. The molecule has 0 atom stereocenters. The molecule has 0 amide bonds. The van der Waals surface area contributed by atoms with Crippen LogP contribution in [0, 0.1) is 11.8 Å². The number of aliphatic hydroxyl groups excluding tert-OH is 1. The zero-order chi connectivity index (χ0) is 14.2. The molecule has 0 aliphatic heterocycles. The molecule has 0 saturated heterocycles. The van der Waals surface area contributed by atoms with Crippen molar-refractivity contribution in [3.05, 3.63) is 64.7 Å². The van der Waals surface area contributed by atoms with E-state index in [1.54, 1.807) is 0 Å². The van der Waals surface area contributed by atoms with Gasteiger partial charge < -0.3 is 9.84 Å². The predicted molar refractivity (Wildman–Crippen MR) is 81.1 cm³/mol. The van der Waals surface area contributed by atoms with Crippen LogP contribution in [0.1, 0.15) is 11.1 Å². The maximum atomic E-state index is 8.52. The normalized spacial score (nSPS) is 9.70. The van der Waals surface area contributed by atoms with Crippen LogP contribution in [0.25, 0.3) is 0 Å². The van der Waals surface area contributed by atoms with Crippen molar-refractivity contribution < 1.29 is 9.84 Å². The number of hydrogen-bond acceptors (Lipinski definition) is 2. The van der Waals surface area contributed by atoms with Crippen molar-refractivity contribution in [2.75, 3.05) is 13.2 Å². The number of benzene rings is 2. The van der Waals surface area contributed by atoms with Gasteiger partial charge >= 0.3 is 0 Å². The Morgan fingerprint density at radius 2 is 1.75 bits per heavy atom. The summed E-state index contributed by atoms with van der Waals surface area (Å²) in [5.41, 5.74) is 2.28. The van der Waals surface area contributed by atoms with Gasteiger partial charge in [0.1, 0.15) is 19.0 Å². The molecule has 0 saturated carbocycles. The highest BCUT2D eigenvalue weighted by molar-refractivity contribution is 6.31. The highest BCUT2D eigenvalue weighted by atomic mass is 35.5. The summed E-state index contributed by atoms with van der Waals surface area (Å²) in [6.07, 6.45) is 0.796. The van der Waals surface area contributed by atoms with Gasteiger partial charge in [0.05, 0.1) is 0 Å². The third kappa shape index (κ3) is 4.31. The summed E-state index contributed by atoms with van der Waals surface area (Å²) in [4.78, 5) is 0. The molecule has 102 valence electrons. The van der Waals surface area contributed by atoms with Crippen LogP contribution >= 0.6 is 11.6 Å². The summed E-state index contributed by atoms with van der Waals surface area (Å²) in [6, 6.07) is 15.7. The molecule has 0 bridgehead atoms. The first-order chi connectivity index (χ1) is 9.79. The van der Waals surface area contributed by atoms with Crippen LogP contribution in [0.15, 0.2) is 48.5 Å². The van der Waals surface area contributed by atoms with E-state index in [0.29, 0.717) is 0 Å². The number of rotatable bonds is 4. The first-order valence-corrected chi connectivity index (χ1v) is 6.69. The van der Waals surface area contributed by atoms with Crippen LogP contribution in [0.5, 0.6) is 5.75 Å². The molecule has 0 aliphatic rings. The lowest BCUT2D eigenvalue weighted by Crippen LogP contribution is -1.95. The second kappa shape index (κ2) is 7.59. The van der Waals surface area contributed by atoms with Gasteiger partial charge in [0.25, 0.3) is 0 Å². The molecule has 2 rings (SSSR count). The van der Waals surface area contributed by atoms with Gasteiger partial charge in [-0.05, 0) is 35.7 Å². The minimum atomic E-state index is -0.139. The van der Waals surface area contributed by atoms with E-state index >= 15 is 0 Å². The molecule has 0 fully saturated rings. The van der Waals surface area contributed by atoms with E-state index in [-0.39, 0.29) is 13.2 Å². The van der Waals surface area contributed by atoms with Crippen molar-refractivity contribution in [1.82, 2.24) is 0 Å². The maximum absolute atomic E-state index is 8.52. The van der Waals surface area contributed by atoms with E-state index in [1.807, 2.05) is 48.5 Å². The van der Waals surface area contributed by atoms with E-state index in [2.05, 4.69) is 11.8 Å². The van der Waals surface area contributed by atoms with Crippen LogP contribution in [-0.4, -0.2) is 18.3 Å². The number of aliphatic hydroxyl groups is 1. The second-order valence-corrected chi connectivity index (χ2v) is 4.62. The lowest BCUT2D eigenvalue weighted by atomic mass is 10.1. The molecule has 0 aromatic heterocycles. The van der Waals surface area contributed by atoms with Gasteiger partial charge in [0.15, 0.2) is 0 Å². The summed E-state index contributed by atoms with van der Waals surface area (Å²) in [5, 5.41) is 9.31. The van der Waals surface area contributed by atoms with Crippen LogP contribution < -0.4 is 4.74 Å². The van der Waals surface area contributed by atoms with E-state index in [1.165, 1.54) is 5.56 Å². The third-order valence-corrected chi connectivity index (χ3v) is 3.16. The smallest absolute Gasteiger partial charge is 0.149 e. The summed E-state index contributed by atoms with van der Waals surface area (Å²) < 4.78 is 5.43. The fraction of sp³-hybridized carbons (Fsp3) is 0.176. The largest absolute Gasteiger partial charge is 0.481 e. The molecule has 3 heteroatoms. The Morgan fingerprint density at radius 1 is 1.00 bits per heavy atom. The molecule has 2 nitrogen and oxygen atoms in total. The monoisotopic (exact) mass is 286 g/mol. The Labute approximate surface area is 124 Å². The molecule has 2 aromatic carbocycles. The summed E-state index contributed by atoms with van der Waals surface area (Å²) in [5.74, 6) is 6.00. The average molecular weight is 287 g/mol. The quantitative estimate of drug-likeness (QED) is 0.874. The van der Waals surface area contributed by atoms with Crippen molar-refractivity contribution in [3.63, 3.8) is 0 Å². The third-order valence-electron chi connectivity index (χ3n) is 2.79. The first kappa shape index (κ1) is 14.5. The lowest BCUT2D eigenvalue weighted by molar-refractivity contribution is 0.347. The molecule has 0 unspecified atom stereocenters. The van der Waals surface area contributed by atoms with Gasteiger partial charge in [-0.3, -0.25) is 0 Å². The van der Waals surface area contributed by atoms with Crippen molar-refractivity contribution >= 4 is 11.6 Å². The molecular weight excluding hydrogens is 272 g/mol. The van der Waals surface area contributed by atoms with Gasteiger partial charge in [-0.2, -0.15) is 0 Å². The SMILES string of the molecule is OCC#CCOc1ccc(Cc2ccccc2Cl)cc1. The fourth-order valence-electron chi connectivity index (χ4n) is 1.79. The molecule has 20 heavy (non-hydrogen) atoms. The van der Waals surface area contributed by atoms with E-state index in [9.17, 15) is 0 Å². The topological polar surface area (TPSA) is 29.5 Å². The fourth-order valence-corrected chi connectivity index (χ4v) is 1.99. The molecule has 2 aromatic rings. The van der Waals surface area contributed by atoms with Crippen molar-refractivity contribution in [1.29, 1.82) is 0 Å². The first-order valence-electron chi connectivity index (χ1n) is 6.31. The lowest BCUT2D eigenvalue weighted by Gasteiger charge is -2.06. The molecule has 0 radical (unpaired) electrons. The van der Waals surface area contributed by atoms with Crippen LogP contribution in [0.3, 0.4) is 0 Å². The average Bonchev–Trinajstić information content (AvgIpc) is 2.48. The molecule has 0 spiro atoms. The van der Waals surface area contributed by atoms with Gasteiger partial charge in [0, 0.05) is 5.02 Å². The Morgan fingerprint density at radius 3 is 2.45 bits per heavy atom. The van der Waals surface area contributed by atoms with Crippen molar-refractivity contribution in [2.45, 2.75) is 6.42 Å². The van der Waals surface area contributed by atoms with Gasteiger partial charge in [-0.1, -0.05) is 53.8 Å². The second-order valence-electron chi connectivity index (χ2n) is 4.21. The molecule has 0 heterocycles. The van der Waals surface area contributed by atoms with Crippen LogP contribution in [-0.2, 0) is 6.42 Å². The Bertz CT molecular complexity index is 609. The van der Waals surface area contributed by atoms with Gasteiger partial charge in [-0.25, -0.2) is 0 Å². The Hall–Kier alpha value is -1.95. The molecule has 1 N–H and O–H groups in total. The minimum absolute atomic E-state index is 0.139. The number of halogens is 1. The minimum Gasteiger partial charge on any atom is -0.481 e. The van der Waals surface area contributed by atoms with Gasteiger partial charge in [-0.15, -0.1) is 0 Å². The standard InChI is InChI=1S/C17H15ClO2/c18-17-6-2-1-5-15(17)13-14-7-9-16(10-8-14)20-12-4-3-11-19/h1-2,5-10,19H,11-13H2. The highest BCUT2D eigenvalue weighted by Gasteiger charge is 2.01. The maximum Gasteiger partial charge on any atom is 0.149 e. The zero-order valence-electron chi connectivity index (χ0n) is 11.0. The van der Waals surface area contributed by atoms with Crippen molar-refractivity contribution in [3.8, 4) is 17.6 Å². The van der Waals surface area contributed by atoms with Crippen molar-refractivity contribution in [2.24, 2.45) is 0 Å². The van der Waals surface area contributed by atoms with Crippen LogP contribution in [0.4, 0.5) is 0 Å². The van der Waals surface area contributed by atoms with Crippen LogP contribution in [0.2, 0.25) is 5.02 Å².